The van der Waals surface area contributed by atoms with Gasteiger partial charge in [-0.05, 0) is 23.8 Å². The number of anilines is 1. The largest absolute Gasteiger partial charge is 0.416 e. The molecule has 0 saturated carbocycles. The van der Waals surface area contributed by atoms with Crippen molar-refractivity contribution in [3.8, 4) is 11.3 Å². The molecule has 0 radical (unpaired) electrons. The minimum absolute atomic E-state index is 0.201. The van der Waals surface area contributed by atoms with E-state index >= 15 is 0 Å². The van der Waals surface area contributed by atoms with Crippen LogP contribution in [0.3, 0.4) is 0 Å². The summed E-state index contributed by atoms with van der Waals surface area (Å²) in [5, 5.41) is 11.5. The molecule has 1 heterocycles. The molecule has 4 nitrogen and oxygen atoms in total. The van der Waals surface area contributed by atoms with Gasteiger partial charge in [-0.2, -0.15) is 13.2 Å². The number of benzene rings is 1. The SMILES string of the molecule is CN(C)c1cc(C(F)(F)F)cc(-c2cccc(/C=N\O)c2)n1. The van der Waals surface area contributed by atoms with E-state index in [0.29, 0.717) is 11.1 Å². The summed E-state index contributed by atoms with van der Waals surface area (Å²) in [6.45, 7) is 0. The molecule has 2 rings (SSSR count). The molecular weight excluding hydrogens is 295 g/mol. The molecule has 0 aliphatic heterocycles. The molecule has 1 aromatic carbocycles. The van der Waals surface area contributed by atoms with E-state index in [9.17, 15) is 13.2 Å². The van der Waals surface area contributed by atoms with Crippen LogP contribution in [-0.2, 0) is 6.18 Å². The first-order chi connectivity index (χ1) is 10.3. The minimum atomic E-state index is -4.45. The minimum Gasteiger partial charge on any atom is -0.411 e. The highest BCUT2D eigenvalue weighted by molar-refractivity contribution is 5.81. The molecule has 0 fully saturated rings. The van der Waals surface area contributed by atoms with Crippen molar-refractivity contribution in [2.45, 2.75) is 6.18 Å². The van der Waals surface area contributed by atoms with Crippen LogP contribution in [0.1, 0.15) is 11.1 Å². The Labute approximate surface area is 125 Å². The molecule has 1 aromatic heterocycles. The predicted octanol–water partition coefficient (Wildman–Crippen LogP) is 3.64. The van der Waals surface area contributed by atoms with E-state index in [-0.39, 0.29) is 11.5 Å². The van der Waals surface area contributed by atoms with Crippen molar-refractivity contribution in [3.63, 3.8) is 0 Å². The van der Waals surface area contributed by atoms with Gasteiger partial charge in [-0.3, -0.25) is 0 Å². The Bertz CT molecular complexity index is 697. The molecule has 22 heavy (non-hydrogen) atoms. The van der Waals surface area contributed by atoms with Gasteiger partial charge in [-0.25, -0.2) is 4.98 Å². The zero-order chi connectivity index (χ0) is 16.3. The van der Waals surface area contributed by atoms with Crippen LogP contribution < -0.4 is 4.90 Å². The number of aromatic nitrogens is 1. The highest BCUT2D eigenvalue weighted by Gasteiger charge is 2.32. The summed E-state index contributed by atoms with van der Waals surface area (Å²) in [5.74, 6) is 0.214. The van der Waals surface area contributed by atoms with Crippen LogP contribution in [0.2, 0.25) is 0 Å². The first-order valence-corrected chi connectivity index (χ1v) is 6.36. The fraction of sp³-hybridized carbons (Fsp3) is 0.200. The lowest BCUT2D eigenvalue weighted by atomic mass is 10.1. The molecular formula is C15H14F3N3O. The fourth-order valence-electron chi connectivity index (χ4n) is 1.90. The van der Waals surface area contributed by atoms with Gasteiger partial charge in [0.2, 0.25) is 0 Å². The van der Waals surface area contributed by atoms with Crippen LogP contribution in [0, 0.1) is 0 Å². The molecule has 2 aromatic rings. The average Bonchev–Trinajstić information content (AvgIpc) is 2.46. The number of nitrogens with zero attached hydrogens (tertiary/aromatic N) is 3. The quantitative estimate of drug-likeness (QED) is 0.535. The highest BCUT2D eigenvalue weighted by atomic mass is 19.4. The Morgan fingerprint density at radius 3 is 2.50 bits per heavy atom. The lowest BCUT2D eigenvalue weighted by Crippen LogP contribution is -2.14. The van der Waals surface area contributed by atoms with E-state index in [2.05, 4.69) is 10.1 Å². The smallest absolute Gasteiger partial charge is 0.411 e. The normalized spacial score (nSPS) is 11.9. The molecule has 0 aliphatic carbocycles. The molecule has 0 bridgehead atoms. The lowest BCUT2D eigenvalue weighted by molar-refractivity contribution is -0.137. The molecule has 116 valence electrons. The summed E-state index contributed by atoms with van der Waals surface area (Å²) in [5.41, 5.74) is 0.506. The van der Waals surface area contributed by atoms with Gasteiger partial charge in [0.05, 0.1) is 17.5 Å². The number of rotatable bonds is 3. The molecule has 0 aliphatic rings. The Morgan fingerprint density at radius 1 is 1.18 bits per heavy atom. The van der Waals surface area contributed by atoms with E-state index in [4.69, 9.17) is 5.21 Å². The molecule has 0 unspecified atom stereocenters. The van der Waals surface area contributed by atoms with E-state index in [1.54, 1.807) is 38.4 Å². The monoisotopic (exact) mass is 309 g/mol. The maximum atomic E-state index is 13.0. The average molecular weight is 309 g/mol. The van der Waals surface area contributed by atoms with Crippen molar-refractivity contribution in [1.29, 1.82) is 0 Å². The summed E-state index contributed by atoms with van der Waals surface area (Å²) in [6.07, 6.45) is -3.25. The third kappa shape index (κ3) is 3.55. The Balaban J connectivity index is 2.59. The first kappa shape index (κ1) is 15.8. The number of oxime groups is 1. The third-order valence-corrected chi connectivity index (χ3v) is 2.99. The van der Waals surface area contributed by atoms with Crippen molar-refractivity contribution in [2.75, 3.05) is 19.0 Å². The topological polar surface area (TPSA) is 48.7 Å². The summed E-state index contributed by atoms with van der Waals surface area (Å²) in [7, 11) is 3.25. The lowest BCUT2D eigenvalue weighted by Gasteiger charge is -2.16. The van der Waals surface area contributed by atoms with Crippen molar-refractivity contribution in [1.82, 2.24) is 4.98 Å². The van der Waals surface area contributed by atoms with E-state index in [1.165, 1.54) is 11.1 Å². The van der Waals surface area contributed by atoms with Crippen LogP contribution in [0.15, 0.2) is 41.6 Å². The Kier molecular flexibility index (Phi) is 4.35. The van der Waals surface area contributed by atoms with Crippen molar-refractivity contribution < 1.29 is 18.4 Å². The van der Waals surface area contributed by atoms with Crippen LogP contribution in [0.5, 0.6) is 0 Å². The van der Waals surface area contributed by atoms with Gasteiger partial charge < -0.3 is 10.1 Å². The van der Waals surface area contributed by atoms with Crippen LogP contribution >= 0.6 is 0 Å². The second-order valence-electron chi connectivity index (χ2n) is 4.86. The maximum Gasteiger partial charge on any atom is 0.416 e. The van der Waals surface area contributed by atoms with Gasteiger partial charge >= 0.3 is 6.18 Å². The van der Waals surface area contributed by atoms with E-state index in [1.807, 2.05) is 0 Å². The summed E-state index contributed by atoms with van der Waals surface area (Å²) < 4.78 is 39.1. The number of hydrogen-bond donors (Lipinski definition) is 1. The second-order valence-corrected chi connectivity index (χ2v) is 4.86. The highest BCUT2D eigenvalue weighted by Crippen LogP contribution is 2.33. The molecule has 0 spiro atoms. The predicted molar refractivity (Wildman–Crippen MR) is 78.4 cm³/mol. The zero-order valence-corrected chi connectivity index (χ0v) is 12.0. The zero-order valence-electron chi connectivity index (χ0n) is 12.0. The third-order valence-electron chi connectivity index (χ3n) is 2.99. The van der Waals surface area contributed by atoms with E-state index < -0.39 is 11.7 Å². The van der Waals surface area contributed by atoms with Crippen LogP contribution in [0.25, 0.3) is 11.3 Å². The summed E-state index contributed by atoms with van der Waals surface area (Å²) in [6, 6.07) is 8.58. The number of alkyl halides is 3. The van der Waals surface area contributed by atoms with Crippen molar-refractivity contribution in [2.24, 2.45) is 5.16 Å². The number of halogens is 3. The Morgan fingerprint density at radius 2 is 1.91 bits per heavy atom. The van der Waals surface area contributed by atoms with Gasteiger partial charge in [-0.1, -0.05) is 23.4 Å². The summed E-state index contributed by atoms with van der Waals surface area (Å²) >= 11 is 0. The molecule has 1 N–H and O–H groups in total. The summed E-state index contributed by atoms with van der Waals surface area (Å²) in [4.78, 5) is 5.75. The number of hydrogen-bond acceptors (Lipinski definition) is 4. The van der Waals surface area contributed by atoms with Gasteiger partial charge in [0.15, 0.2) is 0 Å². The van der Waals surface area contributed by atoms with Crippen molar-refractivity contribution in [3.05, 3.63) is 47.5 Å². The van der Waals surface area contributed by atoms with Crippen LogP contribution in [-0.4, -0.2) is 30.5 Å². The van der Waals surface area contributed by atoms with Gasteiger partial charge in [0, 0.05) is 19.7 Å². The van der Waals surface area contributed by atoms with E-state index in [0.717, 1.165) is 12.1 Å². The molecule has 0 atom stereocenters. The maximum absolute atomic E-state index is 13.0. The first-order valence-electron chi connectivity index (χ1n) is 6.36. The van der Waals surface area contributed by atoms with Crippen LogP contribution in [0.4, 0.5) is 19.0 Å². The second kappa shape index (κ2) is 6.05. The number of pyridine rings is 1. The Hall–Kier alpha value is -2.57. The van der Waals surface area contributed by atoms with Gasteiger partial charge in [0.25, 0.3) is 0 Å². The van der Waals surface area contributed by atoms with Gasteiger partial charge in [0.1, 0.15) is 5.82 Å². The molecule has 0 amide bonds. The van der Waals surface area contributed by atoms with Gasteiger partial charge in [-0.15, -0.1) is 0 Å². The molecule has 0 saturated heterocycles. The fourth-order valence-corrected chi connectivity index (χ4v) is 1.90. The standard InChI is InChI=1S/C15H14F3N3O/c1-21(2)14-8-12(15(16,17)18)7-13(20-14)11-5-3-4-10(6-11)9-19-22/h3-9,22H,1-2H3/b19-9-. The van der Waals surface area contributed by atoms with Crippen molar-refractivity contribution >= 4 is 12.0 Å². The molecule has 7 heteroatoms.